The monoisotopic (exact) mass is 522 g/mol. The van der Waals surface area contributed by atoms with Gasteiger partial charge in [-0.2, -0.15) is 0 Å². The summed E-state index contributed by atoms with van der Waals surface area (Å²) in [7, 11) is 0. The molecule has 2 aliphatic heterocycles. The molecule has 0 atom stereocenters. The normalized spacial score (nSPS) is 13.1. The summed E-state index contributed by atoms with van der Waals surface area (Å²) in [5.41, 5.74) is 18.3. The Morgan fingerprint density at radius 1 is 0.615 bits per heavy atom. The number of hydrogen-bond acceptors (Lipinski definition) is 6. The first-order valence-electron chi connectivity index (χ1n) is 12.9. The molecule has 0 radical (unpaired) electrons. The van der Waals surface area contributed by atoms with Crippen molar-refractivity contribution in [3.05, 3.63) is 107 Å². The minimum absolute atomic E-state index is 0. The van der Waals surface area contributed by atoms with Gasteiger partial charge < -0.3 is 30.2 Å². The molecule has 200 valence electrons. The van der Waals surface area contributed by atoms with Gasteiger partial charge in [0.2, 0.25) is 0 Å². The van der Waals surface area contributed by atoms with E-state index >= 15 is 0 Å². The Kier molecular flexibility index (Phi) is 9.49. The van der Waals surface area contributed by atoms with Crippen LogP contribution in [-0.2, 0) is 35.6 Å². The summed E-state index contributed by atoms with van der Waals surface area (Å²) >= 11 is 0. The molecule has 0 saturated heterocycles. The zero-order chi connectivity index (χ0) is 26.5. The van der Waals surface area contributed by atoms with Crippen molar-refractivity contribution in [3.63, 3.8) is 0 Å². The number of benzene rings is 4. The first-order chi connectivity index (χ1) is 18.5. The van der Waals surface area contributed by atoms with Crippen LogP contribution in [0.4, 0.5) is 0 Å². The predicted octanol–water partition coefficient (Wildman–Crippen LogP) is 5.23. The lowest BCUT2D eigenvalue weighted by Gasteiger charge is -2.08. The standard InChI is InChI=1S/2C15H16BNO2.CH4/c1-16-15-7-6-14(8-12(15)10-18-16)19-13-4-2-11(9-17)3-5-13;1-16-15-6-5-14(8-12(15)10-18-16)19-13-4-2-3-11(7-13)9-17;/h2*2-8H,9-10,17H2,1H3;1H4. The Morgan fingerprint density at radius 3 is 1.64 bits per heavy atom. The molecule has 0 aliphatic carbocycles. The zero-order valence-corrected chi connectivity index (χ0v) is 21.9. The zero-order valence-electron chi connectivity index (χ0n) is 21.9. The molecule has 2 aliphatic rings. The summed E-state index contributed by atoms with van der Waals surface area (Å²) in [5.74, 6) is 3.32. The van der Waals surface area contributed by atoms with Crippen molar-refractivity contribution in [2.75, 3.05) is 0 Å². The highest BCUT2D eigenvalue weighted by Crippen LogP contribution is 2.25. The van der Waals surface area contributed by atoms with E-state index in [0.29, 0.717) is 26.3 Å². The smallest absolute Gasteiger partial charge is 0.324 e. The summed E-state index contributed by atoms with van der Waals surface area (Å²) in [6.07, 6.45) is 0. The first-order valence-corrected chi connectivity index (χ1v) is 12.9. The third-order valence-corrected chi connectivity index (χ3v) is 6.85. The van der Waals surface area contributed by atoms with Gasteiger partial charge in [0.25, 0.3) is 0 Å². The highest BCUT2D eigenvalue weighted by molar-refractivity contribution is 6.67. The molecule has 6 nitrogen and oxygen atoms in total. The van der Waals surface area contributed by atoms with Crippen molar-refractivity contribution >= 4 is 24.8 Å². The minimum Gasteiger partial charge on any atom is -0.457 e. The van der Waals surface area contributed by atoms with Crippen LogP contribution in [0.15, 0.2) is 84.9 Å². The third-order valence-electron chi connectivity index (χ3n) is 6.85. The van der Waals surface area contributed by atoms with Crippen LogP contribution < -0.4 is 31.9 Å². The SMILES string of the molecule is C.CB1OCc2cc(Oc3ccc(CN)cc3)ccc21.CB1OCc2cc(Oc3cccc(CN)c3)ccc21. The highest BCUT2D eigenvalue weighted by atomic mass is 16.5. The second-order valence-electron chi connectivity index (χ2n) is 9.53. The topological polar surface area (TPSA) is 89.0 Å². The summed E-state index contributed by atoms with van der Waals surface area (Å²) in [6, 6.07) is 27.9. The molecule has 0 aromatic heterocycles. The fourth-order valence-electron chi connectivity index (χ4n) is 4.65. The Balaban J connectivity index is 0.000000176. The quantitative estimate of drug-likeness (QED) is 0.338. The molecule has 4 aromatic rings. The Labute approximate surface area is 232 Å². The second-order valence-corrected chi connectivity index (χ2v) is 9.53. The van der Waals surface area contributed by atoms with E-state index in [1.54, 1.807) is 0 Å². The van der Waals surface area contributed by atoms with Crippen molar-refractivity contribution in [1.82, 2.24) is 0 Å². The van der Waals surface area contributed by atoms with Crippen molar-refractivity contribution in [1.29, 1.82) is 0 Å². The van der Waals surface area contributed by atoms with Crippen LogP contribution in [0.2, 0.25) is 13.6 Å². The molecule has 4 aromatic carbocycles. The summed E-state index contributed by atoms with van der Waals surface area (Å²) in [6.45, 7) is 6.91. The maximum Gasteiger partial charge on any atom is 0.324 e. The molecule has 0 spiro atoms. The maximum atomic E-state index is 5.87. The van der Waals surface area contributed by atoms with Gasteiger partial charge in [0.15, 0.2) is 0 Å². The van der Waals surface area contributed by atoms with E-state index in [-0.39, 0.29) is 21.3 Å². The van der Waals surface area contributed by atoms with Gasteiger partial charge in [-0.1, -0.05) is 57.5 Å². The van der Waals surface area contributed by atoms with E-state index in [9.17, 15) is 0 Å². The minimum atomic E-state index is 0. The molecule has 0 saturated carbocycles. The fourth-order valence-corrected chi connectivity index (χ4v) is 4.65. The van der Waals surface area contributed by atoms with Crippen molar-refractivity contribution in [2.45, 2.75) is 47.4 Å². The van der Waals surface area contributed by atoms with Gasteiger partial charge >= 0.3 is 13.8 Å². The van der Waals surface area contributed by atoms with Crippen LogP contribution in [-0.4, -0.2) is 13.8 Å². The fraction of sp³-hybridized carbons (Fsp3) is 0.226. The molecule has 6 rings (SSSR count). The van der Waals surface area contributed by atoms with Crippen LogP contribution in [0.25, 0.3) is 0 Å². The summed E-state index contributed by atoms with van der Waals surface area (Å²) < 4.78 is 22.9. The van der Waals surface area contributed by atoms with Crippen molar-refractivity contribution in [3.8, 4) is 23.0 Å². The average Bonchev–Trinajstić information content (AvgIpc) is 3.51. The van der Waals surface area contributed by atoms with Crippen molar-refractivity contribution in [2.24, 2.45) is 11.5 Å². The second kappa shape index (κ2) is 13.0. The Morgan fingerprint density at radius 2 is 1.10 bits per heavy atom. The molecular weight excluding hydrogens is 486 g/mol. The first kappa shape index (κ1) is 28.5. The molecule has 0 bridgehead atoms. The molecule has 2 heterocycles. The predicted molar refractivity (Wildman–Crippen MR) is 161 cm³/mol. The lowest BCUT2D eigenvalue weighted by Crippen LogP contribution is -2.23. The molecule has 39 heavy (non-hydrogen) atoms. The number of fused-ring (bicyclic) bond motifs is 2. The van der Waals surface area contributed by atoms with Gasteiger partial charge in [-0.05, 0) is 81.7 Å². The Bertz CT molecular complexity index is 1400. The third kappa shape index (κ3) is 6.91. The maximum absolute atomic E-state index is 5.87. The number of nitrogens with two attached hydrogens (primary N) is 2. The molecule has 4 N–H and O–H groups in total. The van der Waals surface area contributed by atoms with Crippen LogP contribution in [0.3, 0.4) is 0 Å². The number of hydrogen-bond donors (Lipinski definition) is 2. The molecule has 8 heteroatoms. The van der Waals surface area contributed by atoms with Gasteiger partial charge in [0.05, 0.1) is 13.2 Å². The molecular formula is C31H36B2N2O4. The Hall–Kier alpha value is -3.55. The van der Waals surface area contributed by atoms with E-state index in [4.69, 9.17) is 30.2 Å². The van der Waals surface area contributed by atoms with Gasteiger partial charge in [-0.25, -0.2) is 0 Å². The van der Waals surface area contributed by atoms with E-state index in [1.807, 2.05) is 66.7 Å². The largest absolute Gasteiger partial charge is 0.457 e. The van der Waals surface area contributed by atoms with Crippen LogP contribution in [0.1, 0.15) is 29.7 Å². The van der Waals surface area contributed by atoms with Crippen LogP contribution in [0, 0.1) is 0 Å². The molecule has 0 amide bonds. The van der Waals surface area contributed by atoms with E-state index < -0.39 is 0 Å². The lowest BCUT2D eigenvalue weighted by molar-refractivity contribution is 0.333. The van der Waals surface area contributed by atoms with Gasteiger partial charge in [0, 0.05) is 13.1 Å². The van der Waals surface area contributed by atoms with Crippen molar-refractivity contribution < 1.29 is 18.8 Å². The number of rotatable bonds is 6. The van der Waals surface area contributed by atoms with Gasteiger partial charge in [-0.15, -0.1) is 0 Å². The highest BCUT2D eigenvalue weighted by Gasteiger charge is 2.24. The number of ether oxygens (including phenoxy) is 2. The van der Waals surface area contributed by atoms with Crippen LogP contribution in [0.5, 0.6) is 23.0 Å². The van der Waals surface area contributed by atoms with Gasteiger partial charge in [-0.3, -0.25) is 0 Å². The average molecular weight is 522 g/mol. The van der Waals surface area contributed by atoms with Crippen LogP contribution >= 0.6 is 0 Å². The summed E-state index contributed by atoms with van der Waals surface area (Å²) in [5, 5.41) is 0. The molecule has 0 fully saturated rings. The summed E-state index contributed by atoms with van der Waals surface area (Å²) in [4.78, 5) is 0. The van der Waals surface area contributed by atoms with E-state index in [2.05, 4.69) is 31.8 Å². The molecule has 0 unspecified atom stereocenters. The van der Waals surface area contributed by atoms with Gasteiger partial charge in [0.1, 0.15) is 23.0 Å². The van der Waals surface area contributed by atoms with E-state index in [0.717, 1.165) is 34.1 Å². The van der Waals surface area contributed by atoms with E-state index in [1.165, 1.54) is 22.1 Å². The lowest BCUT2D eigenvalue weighted by atomic mass is 9.64.